The van der Waals surface area contributed by atoms with Crippen molar-refractivity contribution in [1.82, 2.24) is 0 Å². The first kappa shape index (κ1) is 14.2. The molecule has 0 spiro atoms. The second-order valence-electron chi connectivity index (χ2n) is 4.17. The molecule has 2 rings (SSSR count). The molecular formula is C17H14ClNO. The van der Waals surface area contributed by atoms with Crippen LogP contribution in [0.25, 0.3) is 0 Å². The van der Waals surface area contributed by atoms with Gasteiger partial charge in [-0.3, -0.25) is 4.99 Å². The molecule has 0 N–H and O–H groups in total. The lowest BCUT2D eigenvalue weighted by Gasteiger charge is -2.06. The standard InChI is InChI=1S/C17H14ClNO/c1-3-11-20-17-10-5-4-7-14(17)12-19-16-9-6-8-15(18)13(16)2/h1,4-10,12H,11H2,2H3. The smallest absolute Gasteiger partial charge is 0.148 e. The highest BCUT2D eigenvalue weighted by molar-refractivity contribution is 6.31. The van der Waals surface area contributed by atoms with Crippen LogP contribution in [0, 0.1) is 19.3 Å². The van der Waals surface area contributed by atoms with Gasteiger partial charge in [0.05, 0.1) is 5.69 Å². The van der Waals surface area contributed by atoms with E-state index in [1.54, 1.807) is 6.21 Å². The number of halogens is 1. The fourth-order valence-electron chi connectivity index (χ4n) is 1.71. The highest BCUT2D eigenvalue weighted by Gasteiger charge is 2.02. The first-order valence-electron chi connectivity index (χ1n) is 6.17. The van der Waals surface area contributed by atoms with Gasteiger partial charge in [0.25, 0.3) is 0 Å². The van der Waals surface area contributed by atoms with E-state index in [-0.39, 0.29) is 6.61 Å². The van der Waals surface area contributed by atoms with Crippen molar-refractivity contribution in [2.75, 3.05) is 6.61 Å². The van der Waals surface area contributed by atoms with E-state index >= 15 is 0 Å². The van der Waals surface area contributed by atoms with Crippen LogP contribution in [0.4, 0.5) is 5.69 Å². The summed E-state index contributed by atoms with van der Waals surface area (Å²) in [6.45, 7) is 2.18. The quantitative estimate of drug-likeness (QED) is 0.601. The number of ether oxygens (including phenoxy) is 1. The molecule has 0 radical (unpaired) electrons. The molecule has 0 heterocycles. The molecule has 0 bridgehead atoms. The van der Waals surface area contributed by atoms with Crippen LogP contribution in [-0.2, 0) is 0 Å². The molecule has 0 aromatic heterocycles. The Labute approximate surface area is 124 Å². The summed E-state index contributed by atoms with van der Waals surface area (Å²) in [5, 5.41) is 0.705. The van der Waals surface area contributed by atoms with E-state index in [1.807, 2.05) is 49.4 Å². The average Bonchev–Trinajstić information content (AvgIpc) is 2.47. The van der Waals surface area contributed by atoms with Crippen LogP contribution in [0.3, 0.4) is 0 Å². The molecule has 0 unspecified atom stereocenters. The molecule has 2 nitrogen and oxygen atoms in total. The third-order valence-corrected chi connectivity index (χ3v) is 3.22. The molecule has 20 heavy (non-hydrogen) atoms. The van der Waals surface area contributed by atoms with Gasteiger partial charge in [0.1, 0.15) is 12.4 Å². The second kappa shape index (κ2) is 6.79. The number of aliphatic imine (C=N–C) groups is 1. The van der Waals surface area contributed by atoms with Crippen LogP contribution in [-0.4, -0.2) is 12.8 Å². The van der Waals surface area contributed by atoms with Crippen LogP contribution in [0.5, 0.6) is 5.75 Å². The van der Waals surface area contributed by atoms with Gasteiger partial charge in [0, 0.05) is 16.8 Å². The predicted octanol–water partition coefficient (Wildman–Crippen LogP) is 4.41. The Kier molecular flexibility index (Phi) is 4.81. The van der Waals surface area contributed by atoms with Gasteiger partial charge >= 0.3 is 0 Å². The Balaban J connectivity index is 2.28. The van der Waals surface area contributed by atoms with Gasteiger partial charge < -0.3 is 4.74 Å². The van der Waals surface area contributed by atoms with Gasteiger partial charge in [0.2, 0.25) is 0 Å². The van der Waals surface area contributed by atoms with E-state index in [1.165, 1.54) is 0 Å². The van der Waals surface area contributed by atoms with E-state index in [0.717, 1.165) is 16.8 Å². The van der Waals surface area contributed by atoms with E-state index < -0.39 is 0 Å². The van der Waals surface area contributed by atoms with Crippen LogP contribution in [0.15, 0.2) is 47.5 Å². The number of para-hydroxylation sites is 1. The minimum absolute atomic E-state index is 0.237. The topological polar surface area (TPSA) is 21.6 Å². The number of hydrogen-bond acceptors (Lipinski definition) is 2. The second-order valence-corrected chi connectivity index (χ2v) is 4.58. The summed E-state index contributed by atoms with van der Waals surface area (Å²) in [5.74, 6) is 3.17. The number of benzene rings is 2. The summed E-state index contributed by atoms with van der Waals surface area (Å²) in [6, 6.07) is 13.3. The zero-order chi connectivity index (χ0) is 14.4. The molecular weight excluding hydrogens is 270 g/mol. The van der Waals surface area contributed by atoms with Crippen molar-refractivity contribution < 1.29 is 4.74 Å². The molecule has 0 amide bonds. The summed E-state index contributed by atoms with van der Waals surface area (Å²) in [5.41, 5.74) is 2.67. The summed E-state index contributed by atoms with van der Waals surface area (Å²) in [6.07, 6.45) is 6.96. The van der Waals surface area contributed by atoms with E-state index in [4.69, 9.17) is 22.8 Å². The van der Waals surface area contributed by atoms with Crippen molar-refractivity contribution in [1.29, 1.82) is 0 Å². The maximum atomic E-state index is 6.07. The normalized spacial score (nSPS) is 10.4. The van der Waals surface area contributed by atoms with Crippen LogP contribution < -0.4 is 4.74 Å². The molecule has 0 aliphatic rings. The Morgan fingerprint density at radius 2 is 2.05 bits per heavy atom. The maximum absolute atomic E-state index is 6.07. The molecule has 0 aliphatic heterocycles. The first-order chi connectivity index (χ1) is 9.72. The van der Waals surface area contributed by atoms with Gasteiger partial charge in [-0.1, -0.05) is 35.7 Å². The van der Waals surface area contributed by atoms with Crippen molar-refractivity contribution in [2.24, 2.45) is 4.99 Å². The third-order valence-electron chi connectivity index (χ3n) is 2.81. The highest BCUT2D eigenvalue weighted by Crippen LogP contribution is 2.26. The molecule has 0 aliphatic carbocycles. The Hall–Kier alpha value is -2.24. The predicted molar refractivity (Wildman–Crippen MR) is 84.2 cm³/mol. The molecule has 2 aromatic carbocycles. The Morgan fingerprint density at radius 3 is 2.85 bits per heavy atom. The lowest BCUT2D eigenvalue weighted by molar-refractivity contribution is 0.370. The van der Waals surface area contributed by atoms with Crippen LogP contribution >= 0.6 is 11.6 Å². The zero-order valence-electron chi connectivity index (χ0n) is 11.1. The summed E-state index contributed by atoms with van der Waals surface area (Å²) in [7, 11) is 0. The molecule has 3 heteroatoms. The third kappa shape index (κ3) is 3.40. The summed E-state index contributed by atoms with van der Waals surface area (Å²) >= 11 is 6.07. The molecule has 2 aromatic rings. The van der Waals surface area contributed by atoms with E-state index in [0.29, 0.717) is 10.8 Å². The van der Waals surface area contributed by atoms with Crippen molar-refractivity contribution in [3.8, 4) is 18.1 Å². The highest BCUT2D eigenvalue weighted by atomic mass is 35.5. The first-order valence-corrected chi connectivity index (χ1v) is 6.54. The number of hydrogen-bond donors (Lipinski definition) is 0. The lowest BCUT2D eigenvalue weighted by atomic mass is 10.2. The Bertz CT molecular complexity index is 671. The van der Waals surface area contributed by atoms with E-state index in [9.17, 15) is 0 Å². The fourth-order valence-corrected chi connectivity index (χ4v) is 1.88. The zero-order valence-corrected chi connectivity index (χ0v) is 11.9. The van der Waals surface area contributed by atoms with Crippen molar-refractivity contribution >= 4 is 23.5 Å². The summed E-state index contributed by atoms with van der Waals surface area (Å²) < 4.78 is 5.48. The average molecular weight is 284 g/mol. The van der Waals surface area contributed by atoms with Gasteiger partial charge in [-0.25, -0.2) is 0 Å². The molecule has 0 atom stereocenters. The number of nitrogens with zero attached hydrogens (tertiary/aromatic N) is 1. The molecule has 0 fully saturated rings. The monoisotopic (exact) mass is 283 g/mol. The number of rotatable bonds is 4. The van der Waals surface area contributed by atoms with Crippen molar-refractivity contribution in [2.45, 2.75) is 6.92 Å². The van der Waals surface area contributed by atoms with Gasteiger partial charge in [-0.15, -0.1) is 6.42 Å². The van der Waals surface area contributed by atoms with E-state index in [2.05, 4.69) is 10.9 Å². The van der Waals surface area contributed by atoms with Crippen LogP contribution in [0.2, 0.25) is 5.02 Å². The largest absolute Gasteiger partial charge is 0.480 e. The Morgan fingerprint density at radius 1 is 1.25 bits per heavy atom. The molecule has 100 valence electrons. The minimum atomic E-state index is 0.237. The van der Waals surface area contributed by atoms with Crippen molar-refractivity contribution in [3.63, 3.8) is 0 Å². The molecule has 0 saturated carbocycles. The van der Waals surface area contributed by atoms with Gasteiger partial charge in [-0.05, 0) is 36.8 Å². The molecule has 0 saturated heterocycles. The van der Waals surface area contributed by atoms with Gasteiger partial charge in [-0.2, -0.15) is 0 Å². The van der Waals surface area contributed by atoms with Crippen LogP contribution in [0.1, 0.15) is 11.1 Å². The minimum Gasteiger partial charge on any atom is -0.480 e. The fraction of sp³-hybridized carbons (Fsp3) is 0.118. The summed E-state index contributed by atoms with van der Waals surface area (Å²) in [4.78, 5) is 4.46. The maximum Gasteiger partial charge on any atom is 0.148 e. The van der Waals surface area contributed by atoms with Crippen molar-refractivity contribution in [3.05, 3.63) is 58.6 Å². The van der Waals surface area contributed by atoms with Gasteiger partial charge in [0.15, 0.2) is 0 Å². The SMILES string of the molecule is C#CCOc1ccccc1C=Nc1cccc(Cl)c1C. The lowest BCUT2D eigenvalue weighted by Crippen LogP contribution is -1.97. The number of terminal acetylenes is 1.